The Morgan fingerprint density at radius 1 is 0.885 bits per heavy atom. The van der Waals surface area contributed by atoms with Crippen molar-refractivity contribution in [1.29, 1.82) is 0 Å². The summed E-state index contributed by atoms with van der Waals surface area (Å²) in [6.45, 7) is 0. The Balaban J connectivity index is 2.16. The second kappa shape index (κ2) is 7.70. The molecule has 0 radical (unpaired) electrons. The minimum Gasteiger partial charge on any atom is -0.493 e. The van der Waals surface area contributed by atoms with Crippen LogP contribution in [0.2, 0.25) is 0 Å². The van der Waals surface area contributed by atoms with Gasteiger partial charge in [-0.25, -0.2) is 0 Å². The number of allylic oxidation sites excluding steroid dienone is 1. The molecule has 0 amide bonds. The van der Waals surface area contributed by atoms with Gasteiger partial charge in [-0.1, -0.05) is 30.3 Å². The molecule has 0 spiro atoms. The van der Waals surface area contributed by atoms with Gasteiger partial charge in [0.2, 0.25) is 11.5 Å². The van der Waals surface area contributed by atoms with Crippen LogP contribution in [0.5, 0.6) is 23.0 Å². The first-order valence-corrected chi connectivity index (χ1v) is 8.49. The zero-order valence-electron chi connectivity index (χ0n) is 15.5. The molecule has 138 valence electrons. The van der Waals surface area contributed by atoms with Crippen LogP contribution in [0.3, 0.4) is 0 Å². The number of methoxy groups -OCH3 is 4. The molecule has 26 heavy (non-hydrogen) atoms. The first kappa shape index (κ1) is 18.1. The molecule has 1 aliphatic carbocycles. The lowest BCUT2D eigenvalue weighted by Crippen LogP contribution is -2.10. The van der Waals surface area contributed by atoms with Gasteiger partial charge in [0.05, 0.1) is 28.4 Å². The van der Waals surface area contributed by atoms with Crippen molar-refractivity contribution in [3.05, 3.63) is 53.1 Å². The van der Waals surface area contributed by atoms with Crippen LogP contribution in [-0.2, 0) is 6.42 Å². The highest BCUT2D eigenvalue weighted by atomic mass is 16.5. The van der Waals surface area contributed by atoms with Crippen LogP contribution in [0.25, 0.3) is 5.57 Å². The lowest BCUT2D eigenvalue weighted by atomic mass is 9.85. The summed E-state index contributed by atoms with van der Waals surface area (Å²) in [4.78, 5) is 0. The monoisotopic (exact) mass is 356 g/mol. The first-order valence-electron chi connectivity index (χ1n) is 8.49. The van der Waals surface area contributed by atoms with Crippen molar-refractivity contribution in [2.45, 2.75) is 18.9 Å². The zero-order chi connectivity index (χ0) is 18.7. The van der Waals surface area contributed by atoms with E-state index < -0.39 is 6.10 Å². The summed E-state index contributed by atoms with van der Waals surface area (Å²) in [6.07, 6.45) is 3.06. The van der Waals surface area contributed by atoms with Crippen molar-refractivity contribution in [3.8, 4) is 23.0 Å². The van der Waals surface area contributed by atoms with E-state index in [0.29, 0.717) is 28.6 Å². The normalized spacial score (nSPS) is 14.1. The molecule has 0 fully saturated rings. The number of aliphatic hydroxyl groups is 1. The third kappa shape index (κ3) is 2.99. The smallest absolute Gasteiger partial charge is 0.207 e. The standard InChI is InChI=1S/C21H24O5/c1-23-17-12-16(19(24-2)21(26-4)20(17)25-3)18(22)15-11-7-9-13-8-5-6-10-14(13)15/h5-6,8,10-12,18,22H,7,9H2,1-4H3. The van der Waals surface area contributed by atoms with E-state index in [2.05, 4.69) is 12.1 Å². The Morgan fingerprint density at radius 3 is 2.23 bits per heavy atom. The van der Waals surface area contributed by atoms with E-state index >= 15 is 0 Å². The van der Waals surface area contributed by atoms with E-state index in [0.717, 1.165) is 24.0 Å². The summed E-state index contributed by atoms with van der Waals surface area (Å²) in [7, 11) is 6.17. The van der Waals surface area contributed by atoms with Crippen molar-refractivity contribution < 1.29 is 24.1 Å². The highest BCUT2D eigenvalue weighted by molar-refractivity contribution is 5.76. The molecule has 1 aliphatic rings. The molecule has 3 rings (SSSR count). The van der Waals surface area contributed by atoms with E-state index in [-0.39, 0.29) is 0 Å². The van der Waals surface area contributed by atoms with Crippen LogP contribution in [-0.4, -0.2) is 33.5 Å². The number of rotatable bonds is 6. The van der Waals surface area contributed by atoms with Gasteiger partial charge < -0.3 is 24.1 Å². The quantitative estimate of drug-likeness (QED) is 0.853. The molecule has 0 aromatic heterocycles. The van der Waals surface area contributed by atoms with Crippen molar-refractivity contribution in [2.24, 2.45) is 0 Å². The Kier molecular flexibility index (Phi) is 5.38. The molecule has 0 saturated carbocycles. The van der Waals surface area contributed by atoms with E-state index in [1.54, 1.807) is 20.3 Å². The first-order chi connectivity index (χ1) is 12.7. The summed E-state index contributed by atoms with van der Waals surface area (Å²) in [5, 5.41) is 11.2. The Morgan fingerprint density at radius 2 is 1.58 bits per heavy atom. The molecule has 1 atom stereocenters. The zero-order valence-corrected chi connectivity index (χ0v) is 15.5. The number of hydrogen-bond acceptors (Lipinski definition) is 5. The summed E-state index contributed by atoms with van der Waals surface area (Å²) >= 11 is 0. The molecule has 1 unspecified atom stereocenters. The number of aliphatic hydroxyl groups excluding tert-OH is 1. The van der Waals surface area contributed by atoms with Crippen molar-refractivity contribution in [1.82, 2.24) is 0 Å². The maximum atomic E-state index is 11.2. The second-order valence-electron chi connectivity index (χ2n) is 6.03. The van der Waals surface area contributed by atoms with Crippen LogP contribution < -0.4 is 18.9 Å². The Hall–Kier alpha value is -2.66. The summed E-state index contributed by atoms with van der Waals surface area (Å²) in [5.41, 5.74) is 3.72. The van der Waals surface area contributed by atoms with Crippen LogP contribution in [0.15, 0.2) is 36.4 Å². The van der Waals surface area contributed by atoms with Gasteiger partial charge in [-0.2, -0.15) is 0 Å². The topological polar surface area (TPSA) is 57.2 Å². The Labute approximate surface area is 153 Å². The summed E-state index contributed by atoms with van der Waals surface area (Å²) in [5.74, 6) is 1.74. The molecule has 2 aromatic rings. The maximum Gasteiger partial charge on any atom is 0.207 e. The van der Waals surface area contributed by atoms with Crippen LogP contribution >= 0.6 is 0 Å². The number of benzene rings is 2. The van der Waals surface area contributed by atoms with E-state index in [1.807, 2.05) is 18.2 Å². The third-order valence-electron chi connectivity index (χ3n) is 4.71. The van der Waals surface area contributed by atoms with E-state index in [4.69, 9.17) is 18.9 Å². The highest BCUT2D eigenvalue weighted by Gasteiger charge is 2.28. The fourth-order valence-corrected chi connectivity index (χ4v) is 3.50. The van der Waals surface area contributed by atoms with Gasteiger partial charge in [-0.05, 0) is 35.6 Å². The fourth-order valence-electron chi connectivity index (χ4n) is 3.50. The molecule has 1 N–H and O–H groups in total. The average molecular weight is 356 g/mol. The van der Waals surface area contributed by atoms with Gasteiger partial charge in [0.25, 0.3) is 0 Å². The van der Waals surface area contributed by atoms with Gasteiger partial charge in [-0.3, -0.25) is 0 Å². The molecule has 0 heterocycles. The van der Waals surface area contributed by atoms with E-state index in [1.165, 1.54) is 19.8 Å². The molecule has 0 bridgehead atoms. The van der Waals surface area contributed by atoms with Gasteiger partial charge >= 0.3 is 0 Å². The fraction of sp³-hybridized carbons (Fsp3) is 0.333. The van der Waals surface area contributed by atoms with Crippen molar-refractivity contribution in [3.63, 3.8) is 0 Å². The maximum absolute atomic E-state index is 11.2. The molecular weight excluding hydrogens is 332 g/mol. The average Bonchev–Trinajstić information content (AvgIpc) is 2.70. The lowest BCUT2D eigenvalue weighted by molar-refractivity contribution is 0.226. The molecule has 0 saturated heterocycles. The summed E-state index contributed by atoms with van der Waals surface area (Å²) < 4.78 is 21.9. The summed E-state index contributed by atoms with van der Waals surface area (Å²) in [6, 6.07) is 9.88. The SMILES string of the molecule is COc1cc(C(O)C2=CCCc3ccccc32)c(OC)c(OC)c1OC. The minimum absolute atomic E-state index is 0.396. The Bertz CT molecular complexity index is 825. The van der Waals surface area contributed by atoms with Gasteiger partial charge in [0, 0.05) is 5.56 Å². The predicted octanol–water partition coefficient (Wildman–Crippen LogP) is 3.78. The molecule has 5 heteroatoms. The van der Waals surface area contributed by atoms with Crippen LogP contribution in [0.1, 0.15) is 29.2 Å². The van der Waals surface area contributed by atoms with Crippen LogP contribution in [0.4, 0.5) is 0 Å². The predicted molar refractivity (Wildman–Crippen MR) is 100 cm³/mol. The number of ether oxygens (including phenoxy) is 4. The highest BCUT2D eigenvalue weighted by Crippen LogP contribution is 2.50. The van der Waals surface area contributed by atoms with Gasteiger partial charge in [0.1, 0.15) is 6.10 Å². The second-order valence-corrected chi connectivity index (χ2v) is 6.03. The largest absolute Gasteiger partial charge is 0.493 e. The number of aryl methyl sites for hydroxylation is 1. The van der Waals surface area contributed by atoms with Crippen LogP contribution in [0, 0.1) is 0 Å². The van der Waals surface area contributed by atoms with Gasteiger partial charge in [0.15, 0.2) is 11.5 Å². The molecule has 5 nitrogen and oxygen atoms in total. The number of hydrogen-bond donors (Lipinski definition) is 1. The molecule has 0 aliphatic heterocycles. The number of fused-ring (bicyclic) bond motifs is 1. The molecular formula is C21H24O5. The van der Waals surface area contributed by atoms with E-state index in [9.17, 15) is 5.11 Å². The molecule has 2 aromatic carbocycles. The third-order valence-corrected chi connectivity index (χ3v) is 4.71. The minimum atomic E-state index is -0.875. The van der Waals surface area contributed by atoms with Gasteiger partial charge in [-0.15, -0.1) is 0 Å². The van der Waals surface area contributed by atoms with Crippen molar-refractivity contribution in [2.75, 3.05) is 28.4 Å². The van der Waals surface area contributed by atoms with Crippen molar-refractivity contribution >= 4 is 5.57 Å². The lowest BCUT2D eigenvalue weighted by Gasteiger charge is -2.25.